The summed E-state index contributed by atoms with van der Waals surface area (Å²) >= 11 is 1.52. The van der Waals surface area contributed by atoms with Crippen molar-refractivity contribution in [3.8, 4) is 11.1 Å². The maximum Gasteiger partial charge on any atom is 0.414 e. The number of cyclic esters (lactones) is 1. The van der Waals surface area contributed by atoms with Crippen molar-refractivity contribution in [2.75, 3.05) is 18.0 Å². The van der Waals surface area contributed by atoms with Crippen LogP contribution in [0.15, 0.2) is 47.8 Å². The van der Waals surface area contributed by atoms with Gasteiger partial charge in [0, 0.05) is 30.0 Å². The molecule has 11 heteroatoms. The Morgan fingerprint density at radius 1 is 1.35 bits per heavy atom. The van der Waals surface area contributed by atoms with Gasteiger partial charge in [-0.25, -0.2) is 9.18 Å². The second kappa shape index (κ2) is 9.13. The highest BCUT2D eigenvalue weighted by atomic mass is 32.2. The first kappa shape index (κ1) is 20.8. The molecule has 1 aliphatic rings. The Balaban J connectivity index is 1.42. The molecule has 2 aromatic heterocycles. The van der Waals surface area contributed by atoms with Gasteiger partial charge in [-0.15, -0.1) is 5.10 Å². The van der Waals surface area contributed by atoms with Crippen LogP contribution in [0.1, 0.15) is 12.6 Å². The summed E-state index contributed by atoms with van der Waals surface area (Å²) in [6.07, 6.45) is 2.20. The van der Waals surface area contributed by atoms with Crippen LogP contribution in [-0.4, -0.2) is 51.6 Å². The third kappa shape index (κ3) is 5.00. The highest BCUT2D eigenvalue weighted by molar-refractivity contribution is 7.98. The van der Waals surface area contributed by atoms with E-state index in [0.29, 0.717) is 22.6 Å². The number of halogens is 1. The minimum atomic E-state index is -0.571. The SMILES string of the molecule is CC(=O)NC[C@H]1CN(c2ccc(-c3ccc(CSc4cnn[nH]4)nc3)c(F)c2)C(=O)O1. The molecule has 0 radical (unpaired) electrons. The van der Waals surface area contributed by atoms with Crippen molar-refractivity contribution >= 4 is 29.4 Å². The summed E-state index contributed by atoms with van der Waals surface area (Å²) in [4.78, 5) is 28.9. The predicted octanol–water partition coefficient (Wildman–Crippen LogP) is 2.76. The number of carbonyl (C=O) groups excluding carboxylic acids is 2. The zero-order valence-corrected chi connectivity index (χ0v) is 17.4. The van der Waals surface area contributed by atoms with Gasteiger partial charge in [-0.05, 0) is 24.3 Å². The van der Waals surface area contributed by atoms with Gasteiger partial charge >= 0.3 is 6.09 Å². The lowest BCUT2D eigenvalue weighted by molar-refractivity contribution is -0.119. The topological polar surface area (TPSA) is 113 Å². The van der Waals surface area contributed by atoms with E-state index in [0.717, 1.165) is 10.7 Å². The first-order valence-electron chi connectivity index (χ1n) is 9.46. The lowest BCUT2D eigenvalue weighted by Crippen LogP contribution is -2.33. The van der Waals surface area contributed by atoms with Crippen LogP contribution in [0.3, 0.4) is 0 Å². The molecule has 9 nitrogen and oxygen atoms in total. The van der Waals surface area contributed by atoms with Crippen LogP contribution in [0, 0.1) is 5.82 Å². The highest BCUT2D eigenvalue weighted by Crippen LogP contribution is 2.29. The minimum Gasteiger partial charge on any atom is -0.442 e. The van der Waals surface area contributed by atoms with E-state index in [4.69, 9.17) is 4.74 Å². The third-order valence-electron chi connectivity index (χ3n) is 4.62. The van der Waals surface area contributed by atoms with E-state index < -0.39 is 18.0 Å². The number of benzene rings is 1. The normalized spacial score (nSPS) is 15.7. The average molecular weight is 442 g/mol. The third-order valence-corrected chi connectivity index (χ3v) is 5.57. The number of thioether (sulfide) groups is 1. The number of hydrogen-bond acceptors (Lipinski definition) is 7. The number of amides is 2. The molecule has 0 aliphatic carbocycles. The molecular weight excluding hydrogens is 423 g/mol. The molecule has 0 spiro atoms. The molecule has 0 saturated carbocycles. The van der Waals surface area contributed by atoms with Gasteiger partial charge in [0.05, 0.1) is 30.7 Å². The maximum atomic E-state index is 14.8. The van der Waals surface area contributed by atoms with Crippen LogP contribution >= 0.6 is 11.8 Å². The molecular formula is C20H19FN6O3S. The van der Waals surface area contributed by atoms with Gasteiger partial charge in [-0.2, -0.15) is 0 Å². The molecule has 2 N–H and O–H groups in total. The van der Waals surface area contributed by atoms with Crippen LogP contribution in [-0.2, 0) is 15.3 Å². The summed E-state index contributed by atoms with van der Waals surface area (Å²) in [5.41, 5.74) is 2.25. The summed E-state index contributed by atoms with van der Waals surface area (Å²) in [6.45, 7) is 1.84. The smallest absolute Gasteiger partial charge is 0.414 e. The fraction of sp³-hybridized carbons (Fsp3) is 0.250. The van der Waals surface area contributed by atoms with Gasteiger partial charge < -0.3 is 10.1 Å². The van der Waals surface area contributed by atoms with Crippen LogP contribution in [0.4, 0.5) is 14.9 Å². The van der Waals surface area contributed by atoms with E-state index in [1.54, 1.807) is 30.6 Å². The number of nitrogens with one attached hydrogen (secondary N) is 2. The molecule has 1 aromatic carbocycles. The number of carbonyl (C=O) groups is 2. The maximum absolute atomic E-state index is 14.8. The van der Waals surface area contributed by atoms with E-state index in [1.165, 1.54) is 29.7 Å². The second-order valence-electron chi connectivity index (χ2n) is 6.87. The Labute approximate surface area is 181 Å². The van der Waals surface area contributed by atoms with Crippen molar-refractivity contribution in [1.29, 1.82) is 0 Å². The van der Waals surface area contributed by atoms with Crippen molar-refractivity contribution in [3.05, 3.63) is 54.2 Å². The van der Waals surface area contributed by atoms with E-state index in [2.05, 4.69) is 25.7 Å². The number of rotatable bonds is 7. The molecule has 3 aromatic rings. The summed E-state index contributed by atoms with van der Waals surface area (Å²) in [5.74, 6) is -0.0491. The minimum absolute atomic E-state index is 0.207. The van der Waals surface area contributed by atoms with Crippen molar-refractivity contribution in [1.82, 2.24) is 25.7 Å². The van der Waals surface area contributed by atoms with Gasteiger partial charge in [-0.3, -0.25) is 19.8 Å². The van der Waals surface area contributed by atoms with Crippen LogP contribution in [0.25, 0.3) is 11.1 Å². The number of aromatic amines is 1. The molecule has 2 amide bonds. The van der Waals surface area contributed by atoms with Gasteiger partial charge in [-0.1, -0.05) is 23.0 Å². The van der Waals surface area contributed by atoms with E-state index in [-0.39, 0.29) is 19.0 Å². The number of hydrogen-bond donors (Lipinski definition) is 2. The Bertz CT molecular complexity index is 1080. The van der Waals surface area contributed by atoms with Crippen LogP contribution in [0.2, 0.25) is 0 Å². The van der Waals surface area contributed by atoms with E-state index in [1.807, 2.05) is 6.07 Å². The molecule has 3 heterocycles. The Morgan fingerprint density at radius 2 is 2.23 bits per heavy atom. The van der Waals surface area contributed by atoms with Crippen molar-refractivity contribution < 1.29 is 18.7 Å². The summed E-state index contributed by atoms with van der Waals surface area (Å²) in [5, 5.41) is 13.6. The number of H-pyrrole nitrogens is 1. The molecule has 1 saturated heterocycles. The fourth-order valence-electron chi connectivity index (χ4n) is 3.08. The predicted molar refractivity (Wildman–Crippen MR) is 112 cm³/mol. The molecule has 31 heavy (non-hydrogen) atoms. The monoisotopic (exact) mass is 442 g/mol. The number of aromatic nitrogens is 4. The van der Waals surface area contributed by atoms with Crippen molar-refractivity contribution in [2.45, 2.75) is 23.8 Å². The number of nitrogens with zero attached hydrogens (tertiary/aromatic N) is 4. The van der Waals surface area contributed by atoms with Crippen molar-refractivity contribution in [3.63, 3.8) is 0 Å². The average Bonchev–Trinajstić information content (AvgIpc) is 3.41. The highest BCUT2D eigenvalue weighted by Gasteiger charge is 2.32. The quantitative estimate of drug-likeness (QED) is 0.541. The standard InChI is InChI=1S/C20H19FN6O3S/c1-12(28)22-8-16-10-27(20(29)30-16)15-4-5-17(18(21)6-15)13-2-3-14(23-7-13)11-31-19-9-24-26-25-19/h2-7,9,16H,8,10-11H2,1H3,(H,22,28)(H,24,25,26)/t16-/m0/s1. The molecule has 160 valence electrons. The summed E-state index contributed by atoms with van der Waals surface area (Å²) < 4.78 is 20.0. The lowest BCUT2D eigenvalue weighted by atomic mass is 10.1. The number of pyridine rings is 1. The molecule has 0 unspecified atom stereocenters. The molecule has 0 bridgehead atoms. The molecule has 1 atom stereocenters. The Kier molecular flexibility index (Phi) is 6.12. The summed E-state index contributed by atoms with van der Waals surface area (Å²) in [6, 6.07) is 8.21. The van der Waals surface area contributed by atoms with Gasteiger partial charge in [0.2, 0.25) is 5.91 Å². The number of ether oxygens (including phenoxy) is 1. The zero-order valence-electron chi connectivity index (χ0n) is 16.5. The molecule has 4 rings (SSSR count). The van der Waals surface area contributed by atoms with E-state index >= 15 is 0 Å². The van der Waals surface area contributed by atoms with Crippen LogP contribution in [0.5, 0.6) is 0 Å². The second-order valence-corrected chi connectivity index (χ2v) is 7.88. The first-order chi connectivity index (χ1) is 15.0. The van der Waals surface area contributed by atoms with E-state index in [9.17, 15) is 14.0 Å². The molecule has 1 aliphatic heterocycles. The Morgan fingerprint density at radius 3 is 2.90 bits per heavy atom. The lowest BCUT2D eigenvalue weighted by Gasteiger charge is -2.14. The largest absolute Gasteiger partial charge is 0.442 e. The first-order valence-corrected chi connectivity index (χ1v) is 10.4. The van der Waals surface area contributed by atoms with Crippen molar-refractivity contribution in [2.24, 2.45) is 0 Å². The van der Waals surface area contributed by atoms with Gasteiger partial charge in [0.15, 0.2) is 0 Å². The molecule has 1 fully saturated rings. The van der Waals surface area contributed by atoms with Crippen LogP contribution < -0.4 is 10.2 Å². The Hall–Kier alpha value is -3.47. The zero-order chi connectivity index (χ0) is 21.8. The van der Waals surface area contributed by atoms with Gasteiger partial charge in [0.25, 0.3) is 0 Å². The summed E-state index contributed by atoms with van der Waals surface area (Å²) in [7, 11) is 0. The number of anilines is 1. The van der Waals surface area contributed by atoms with Gasteiger partial charge in [0.1, 0.15) is 16.9 Å². The fourth-order valence-corrected chi connectivity index (χ4v) is 3.78.